The minimum Gasteiger partial charge on any atom is -0.474 e. The van der Waals surface area contributed by atoms with Crippen LogP contribution in [0.25, 0.3) is 22.0 Å². The first-order valence-electron chi connectivity index (χ1n) is 10.8. The number of aromatic nitrogens is 3. The summed E-state index contributed by atoms with van der Waals surface area (Å²) in [6.45, 7) is 4.08. The first-order chi connectivity index (χ1) is 15.5. The maximum atomic E-state index is 11.7. The fourth-order valence-electron chi connectivity index (χ4n) is 3.88. The van der Waals surface area contributed by atoms with Crippen molar-refractivity contribution in [3.63, 3.8) is 0 Å². The van der Waals surface area contributed by atoms with Gasteiger partial charge in [0.05, 0.1) is 24.1 Å². The number of amides is 1. The Balaban J connectivity index is 1.78. The number of fused-ring (bicyclic) bond motifs is 1. The van der Waals surface area contributed by atoms with E-state index in [0.29, 0.717) is 37.7 Å². The van der Waals surface area contributed by atoms with Crippen LogP contribution in [0.15, 0.2) is 36.7 Å². The standard InChI is InChI=1S/C24H28N4O4/c1-15(14-30-2)10-21-26-13-20-22(28-21)19(16-4-3-5-17(11-16)23(25)29)12-27-24(20)32-18-6-8-31-9-7-18/h3-5,11-13,15,18H,6-10,14H2,1-2H3,(H2,25,29)/t15-/m1/s1. The van der Waals surface area contributed by atoms with Gasteiger partial charge in [-0.2, -0.15) is 0 Å². The van der Waals surface area contributed by atoms with E-state index < -0.39 is 5.91 Å². The zero-order chi connectivity index (χ0) is 22.5. The molecule has 8 heteroatoms. The summed E-state index contributed by atoms with van der Waals surface area (Å²) in [5, 5.41) is 0.738. The number of nitrogens with two attached hydrogens (primary N) is 1. The number of hydrogen-bond donors (Lipinski definition) is 1. The van der Waals surface area contributed by atoms with E-state index in [1.54, 1.807) is 37.7 Å². The van der Waals surface area contributed by atoms with Gasteiger partial charge in [-0.1, -0.05) is 19.1 Å². The number of methoxy groups -OCH3 is 1. The molecule has 168 valence electrons. The third kappa shape index (κ3) is 5.03. The molecule has 4 rings (SSSR count). The minimum absolute atomic E-state index is 0.0462. The van der Waals surface area contributed by atoms with E-state index in [2.05, 4.69) is 16.9 Å². The van der Waals surface area contributed by atoms with Crippen molar-refractivity contribution in [2.45, 2.75) is 32.3 Å². The predicted octanol–water partition coefficient (Wildman–Crippen LogP) is 3.17. The number of hydrogen-bond acceptors (Lipinski definition) is 7. The van der Waals surface area contributed by atoms with E-state index in [4.69, 9.17) is 24.9 Å². The number of primary amides is 1. The second-order valence-electron chi connectivity index (χ2n) is 8.16. The van der Waals surface area contributed by atoms with Crippen LogP contribution in [0.3, 0.4) is 0 Å². The Morgan fingerprint density at radius 3 is 2.81 bits per heavy atom. The van der Waals surface area contributed by atoms with Crippen LogP contribution in [0.4, 0.5) is 0 Å². The third-order valence-corrected chi connectivity index (χ3v) is 5.52. The van der Waals surface area contributed by atoms with Crippen LogP contribution >= 0.6 is 0 Å². The molecule has 32 heavy (non-hydrogen) atoms. The van der Waals surface area contributed by atoms with Gasteiger partial charge < -0.3 is 19.9 Å². The van der Waals surface area contributed by atoms with Crippen molar-refractivity contribution in [2.24, 2.45) is 11.7 Å². The van der Waals surface area contributed by atoms with Gasteiger partial charge in [-0.15, -0.1) is 0 Å². The Labute approximate surface area is 187 Å². The van der Waals surface area contributed by atoms with Gasteiger partial charge in [0.15, 0.2) is 0 Å². The maximum absolute atomic E-state index is 11.7. The highest BCUT2D eigenvalue weighted by Gasteiger charge is 2.20. The molecule has 3 heterocycles. The van der Waals surface area contributed by atoms with E-state index >= 15 is 0 Å². The van der Waals surface area contributed by atoms with Gasteiger partial charge >= 0.3 is 0 Å². The maximum Gasteiger partial charge on any atom is 0.248 e. The molecule has 0 bridgehead atoms. The molecule has 0 aliphatic carbocycles. The number of nitrogens with zero attached hydrogens (tertiary/aromatic N) is 3. The summed E-state index contributed by atoms with van der Waals surface area (Å²) in [7, 11) is 1.69. The molecule has 1 aliphatic rings. The number of carbonyl (C=O) groups excluding carboxylic acids is 1. The fraction of sp³-hybridized carbons (Fsp3) is 0.417. The Morgan fingerprint density at radius 1 is 1.25 bits per heavy atom. The molecular formula is C24H28N4O4. The van der Waals surface area contributed by atoms with Crippen LogP contribution in [0.5, 0.6) is 5.88 Å². The van der Waals surface area contributed by atoms with Crippen molar-refractivity contribution in [2.75, 3.05) is 26.9 Å². The van der Waals surface area contributed by atoms with E-state index in [1.165, 1.54) is 0 Å². The lowest BCUT2D eigenvalue weighted by atomic mass is 10.0. The topological polar surface area (TPSA) is 109 Å². The molecular weight excluding hydrogens is 408 g/mol. The van der Waals surface area contributed by atoms with Crippen molar-refractivity contribution in [3.8, 4) is 17.0 Å². The smallest absolute Gasteiger partial charge is 0.248 e. The molecule has 1 aromatic carbocycles. The average Bonchev–Trinajstić information content (AvgIpc) is 2.80. The lowest BCUT2D eigenvalue weighted by Crippen LogP contribution is -2.26. The van der Waals surface area contributed by atoms with Crippen molar-refractivity contribution >= 4 is 16.8 Å². The van der Waals surface area contributed by atoms with Crippen molar-refractivity contribution < 1.29 is 19.0 Å². The average molecular weight is 437 g/mol. The van der Waals surface area contributed by atoms with Crippen LogP contribution in [0, 0.1) is 5.92 Å². The van der Waals surface area contributed by atoms with E-state index in [1.807, 2.05) is 6.07 Å². The normalized spacial score (nSPS) is 15.6. The van der Waals surface area contributed by atoms with E-state index in [0.717, 1.165) is 40.7 Å². The van der Waals surface area contributed by atoms with E-state index in [9.17, 15) is 4.79 Å². The zero-order valence-electron chi connectivity index (χ0n) is 18.4. The van der Waals surface area contributed by atoms with Gasteiger partial charge in [0.1, 0.15) is 11.9 Å². The highest BCUT2D eigenvalue weighted by atomic mass is 16.5. The zero-order valence-corrected chi connectivity index (χ0v) is 18.4. The summed E-state index contributed by atoms with van der Waals surface area (Å²) in [6, 6.07) is 7.16. The Bertz CT molecular complexity index is 1100. The monoisotopic (exact) mass is 436 g/mol. The molecule has 0 saturated carbocycles. The summed E-state index contributed by atoms with van der Waals surface area (Å²) in [4.78, 5) is 25.7. The Morgan fingerprint density at radius 2 is 2.06 bits per heavy atom. The van der Waals surface area contributed by atoms with Crippen molar-refractivity contribution in [1.82, 2.24) is 15.0 Å². The molecule has 1 fully saturated rings. The largest absolute Gasteiger partial charge is 0.474 e. The summed E-state index contributed by atoms with van der Waals surface area (Å²) >= 11 is 0. The summed E-state index contributed by atoms with van der Waals surface area (Å²) in [5.41, 5.74) is 8.26. The molecule has 1 atom stereocenters. The molecule has 2 N–H and O–H groups in total. The molecule has 1 aliphatic heterocycles. The number of pyridine rings is 1. The highest BCUT2D eigenvalue weighted by molar-refractivity contribution is 5.98. The molecule has 0 spiro atoms. The summed E-state index contributed by atoms with van der Waals surface area (Å²) in [6.07, 6.45) is 5.89. The summed E-state index contributed by atoms with van der Waals surface area (Å²) < 4.78 is 16.9. The lowest BCUT2D eigenvalue weighted by molar-refractivity contribution is 0.0244. The highest BCUT2D eigenvalue weighted by Crippen LogP contribution is 2.33. The predicted molar refractivity (Wildman–Crippen MR) is 120 cm³/mol. The van der Waals surface area contributed by atoms with Crippen LogP contribution in [0.1, 0.15) is 35.9 Å². The van der Waals surface area contributed by atoms with Gasteiger partial charge in [0.25, 0.3) is 0 Å². The summed E-state index contributed by atoms with van der Waals surface area (Å²) in [5.74, 6) is 1.03. The van der Waals surface area contributed by atoms with Gasteiger partial charge in [0.2, 0.25) is 11.8 Å². The third-order valence-electron chi connectivity index (χ3n) is 5.52. The first-order valence-corrected chi connectivity index (χ1v) is 10.8. The van der Waals surface area contributed by atoms with Crippen molar-refractivity contribution in [3.05, 3.63) is 48.0 Å². The molecule has 0 unspecified atom stereocenters. The van der Waals surface area contributed by atoms with Gasteiger partial charge in [0, 0.05) is 56.5 Å². The quantitative estimate of drug-likeness (QED) is 0.577. The van der Waals surface area contributed by atoms with Gasteiger partial charge in [-0.25, -0.2) is 15.0 Å². The van der Waals surface area contributed by atoms with E-state index in [-0.39, 0.29) is 12.0 Å². The fourth-order valence-corrected chi connectivity index (χ4v) is 3.88. The minimum atomic E-state index is -0.479. The molecule has 1 amide bonds. The lowest BCUT2D eigenvalue weighted by Gasteiger charge is -2.23. The van der Waals surface area contributed by atoms with Gasteiger partial charge in [-0.05, 0) is 23.6 Å². The molecule has 2 aromatic heterocycles. The number of ether oxygens (including phenoxy) is 3. The van der Waals surface area contributed by atoms with Crippen molar-refractivity contribution in [1.29, 1.82) is 0 Å². The first kappa shape index (κ1) is 22.1. The SMILES string of the molecule is COC[C@H](C)Cc1ncc2c(OC3CCOCC3)ncc(-c3cccc(C(N)=O)c3)c2n1. The second-order valence-corrected chi connectivity index (χ2v) is 8.16. The number of benzene rings is 1. The van der Waals surface area contributed by atoms with Crippen LogP contribution in [-0.4, -0.2) is 53.9 Å². The second kappa shape index (κ2) is 10.0. The Kier molecular flexibility index (Phi) is 6.92. The van der Waals surface area contributed by atoms with Gasteiger partial charge in [-0.3, -0.25) is 4.79 Å². The van der Waals surface area contributed by atoms with Crippen LogP contribution in [0.2, 0.25) is 0 Å². The van der Waals surface area contributed by atoms with Crippen LogP contribution < -0.4 is 10.5 Å². The molecule has 8 nitrogen and oxygen atoms in total. The molecule has 0 radical (unpaired) electrons. The van der Waals surface area contributed by atoms with Crippen LogP contribution in [-0.2, 0) is 15.9 Å². The Hall–Kier alpha value is -3.10. The number of carbonyl (C=O) groups is 1. The number of rotatable bonds is 8. The molecule has 3 aromatic rings. The molecule has 1 saturated heterocycles.